The molecular formula is C11H6ClF3N2O2. The summed E-state index contributed by atoms with van der Waals surface area (Å²) in [6.07, 6.45) is -3.54. The molecule has 0 aliphatic heterocycles. The third-order valence-electron chi connectivity index (χ3n) is 2.36. The van der Waals surface area contributed by atoms with Crippen molar-refractivity contribution in [2.75, 3.05) is 0 Å². The van der Waals surface area contributed by atoms with E-state index in [0.717, 1.165) is 29.0 Å². The third-order valence-corrected chi connectivity index (χ3v) is 2.69. The Morgan fingerprint density at radius 1 is 1.16 bits per heavy atom. The third kappa shape index (κ3) is 2.70. The lowest BCUT2D eigenvalue weighted by atomic mass is 10.2. The van der Waals surface area contributed by atoms with Crippen molar-refractivity contribution in [1.29, 1.82) is 0 Å². The van der Waals surface area contributed by atoms with Gasteiger partial charge >= 0.3 is 11.9 Å². The molecule has 19 heavy (non-hydrogen) atoms. The minimum Gasteiger partial charge on any atom is -0.274 e. The number of hydrogen-bond acceptors (Lipinski definition) is 2. The summed E-state index contributed by atoms with van der Waals surface area (Å²) in [5.41, 5.74) is -2.56. The molecule has 0 amide bonds. The van der Waals surface area contributed by atoms with E-state index in [1.165, 1.54) is 6.07 Å². The lowest BCUT2D eigenvalue weighted by Crippen LogP contribution is -2.27. The van der Waals surface area contributed by atoms with Crippen LogP contribution in [0.25, 0.3) is 5.69 Å². The number of hydrogen-bond donors (Lipinski definition) is 1. The second kappa shape index (κ2) is 4.58. The van der Waals surface area contributed by atoms with E-state index in [0.29, 0.717) is 0 Å². The van der Waals surface area contributed by atoms with Gasteiger partial charge in [-0.15, -0.1) is 0 Å². The molecule has 0 saturated carbocycles. The van der Waals surface area contributed by atoms with Crippen molar-refractivity contribution in [3.05, 3.63) is 61.9 Å². The summed E-state index contributed by atoms with van der Waals surface area (Å²) in [6, 6.07) is 4.06. The average molecular weight is 291 g/mol. The van der Waals surface area contributed by atoms with E-state index >= 15 is 0 Å². The molecule has 0 fully saturated rings. The molecule has 0 saturated heterocycles. The molecule has 0 atom stereocenters. The number of alkyl halides is 3. The second-order valence-corrected chi connectivity index (χ2v) is 4.05. The molecule has 4 nitrogen and oxygen atoms in total. The highest BCUT2D eigenvalue weighted by Gasteiger charge is 2.33. The monoisotopic (exact) mass is 290 g/mol. The average Bonchev–Trinajstić information content (AvgIpc) is 2.29. The van der Waals surface area contributed by atoms with Crippen LogP contribution in [-0.4, -0.2) is 9.55 Å². The Hall–Kier alpha value is -2.02. The van der Waals surface area contributed by atoms with Gasteiger partial charge in [-0.2, -0.15) is 13.2 Å². The smallest absolute Gasteiger partial charge is 0.274 e. The van der Waals surface area contributed by atoms with Gasteiger partial charge in [0.15, 0.2) is 0 Å². The Labute approximate surface area is 109 Å². The quantitative estimate of drug-likeness (QED) is 0.875. The van der Waals surface area contributed by atoms with Crippen LogP contribution in [0.1, 0.15) is 5.56 Å². The zero-order chi connectivity index (χ0) is 14.2. The number of H-pyrrole nitrogens is 1. The first-order valence-electron chi connectivity index (χ1n) is 4.98. The van der Waals surface area contributed by atoms with E-state index < -0.39 is 28.0 Å². The molecule has 0 bridgehead atoms. The Balaban J connectivity index is 2.65. The zero-order valence-corrected chi connectivity index (χ0v) is 9.92. The summed E-state index contributed by atoms with van der Waals surface area (Å²) in [5.74, 6) is 0. The SMILES string of the molecule is O=c1ccn(-c2ccc(Cl)c(C(F)(F)F)c2)c(=O)[nH]1. The predicted octanol–water partition coefficient (Wildman–Crippen LogP) is 2.20. The zero-order valence-electron chi connectivity index (χ0n) is 9.16. The number of halogens is 4. The minimum atomic E-state index is -4.63. The number of benzene rings is 1. The normalized spacial score (nSPS) is 11.6. The number of nitrogens with zero attached hydrogens (tertiary/aromatic N) is 1. The van der Waals surface area contributed by atoms with E-state index in [1.54, 1.807) is 0 Å². The van der Waals surface area contributed by atoms with Crippen molar-refractivity contribution in [3.8, 4) is 5.69 Å². The Morgan fingerprint density at radius 2 is 1.84 bits per heavy atom. The van der Waals surface area contributed by atoms with Gasteiger partial charge in [0, 0.05) is 12.3 Å². The van der Waals surface area contributed by atoms with Gasteiger partial charge in [0.2, 0.25) is 0 Å². The van der Waals surface area contributed by atoms with Crippen LogP contribution in [0.2, 0.25) is 5.02 Å². The van der Waals surface area contributed by atoms with E-state index in [9.17, 15) is 22.8 Å². The van der Waals surface area contributed by atoms with Crippen LogP contribution < -0.4 is 11.2 Å². The van der Waals surface area contributed by atoms with Crippen molar-refractivity contribution in [1.82, 2.24) is 9.55 Å². The van der Waals surface area contributed by atoms with Gasteiger partial charge < -0.3 is 0 Å². The maximum atomic E-state index is 12.7. The van der Waals surface area contributed by atoms with E-state index in [2.05, 4.69) is 0 Å². The first-order chi connectivity index (χ1) is 8.79. The molecule has 0 spiro atoms. The molecule has 1 aromatic heterocycles. The number of nitrogens with one attached hydrogen (secondary N) is 1. The van der Waals surface area contributed by atoms with Gasteiger partial charge in [0.1, 0.15) is 0 Å². The summed E-state index contributed by atoms with van der Waals surface area (Å²) >= 11 is 5.47. The predicted molar refractivity (Wildman–Crippen MR) is 62.7 cm³/mol. The standard InChI is InChI=1S/C11H6ClF3N2O2/c12-8-2-1-6(5-7(8)11(13,14)15)17-4-3-9(18)16-10(17)19/h1-5H,(H,16,18,19). The molecule has 8 heteroatoms. The van der Waals surface area contributed by atoms with Crippen molar-refractivity contribution in [2.45, 2.75) is 6.18 Å². The molecule has 1 aromatic carbocycles. The number of aromatic amines is 1. The molecule has 1 N–H and O–H groups in total. The van der Waals surface area contributed by atoms with Crippen molar-refractivity contribution in [2.24, 2.45) is 0 Å². The highest BCUT2D eigenvalue weighted by atomic mass is 35.5. The largest absolute Gasteiger partial charge is 0.417 e. The Morgan fingerprint density at radius 3 is 2.42 bits per heavy atom. The summed E-state index contributed by atoms with van der Waals surface area (Å²) < 4.78 is 38.9. The molecule has 100 valence electrons. The minimum absolute atomic E-state index is 0.0435. The molecule has 2 rings (SSSR count). The lowest BCUT2D eigenvalue weighted by molar-refractivity contribution is -0.137. The molecular weight excluding hydrogens is 285 g/mol. The fourth-order valence-electron chi connectivity index (χ4n) is 1.50. The van der Waals surface area contributed by atoms with E-state index in [-0.39, 0.29) is 5.69 Å². The second-order valence-electron chi connectivity index (χ2n) is 3.64. The van der Waals surface area contributed by atoms with Crippen molar-refractivity contribution in [3.63, 3.8) is 0 Å². The van der Waals surface area contributed by atoms with E-state index in [4.69, 9.17) is 11.6 Å². The van der Waals surface area contributed by atoms with Gasteiger partial charge in [-0.3, -0.25) is 14.3 Å². The Bertz CT molecular complexity index is 734. The number of aromatic nitrogens is 2. The molecule has 0 radical (unpaired) electrons. The lowest BCUT2D eigenvalue weighted by Gasteiger charge is -2.11. The fraction of sp³-hybridized carbons (Fsp3) is 0.0909. The first-order valence-corrected chi connectivity index (χ1v) is 5.36. The number of rotatable bonds is 1. The van der Waals surface area contributed by atoms with Crippen LogP contribution in [0.5, 0.6) is 0 Å². The van der Waals surface area contributed by atoms with Crippen LogP contribution in [0, 0.1) is 0 Å². The van der Waals surface area contributed by atoms with Crippen LogP contribution >= 0.6 is 11.6 Å². The summed E-state index contributed by atoms with van der Waals surface area (Å²) in [5, 5.41) is -0.464. The van der Waals surface area contributed by atoms with Crippen LogP contribution in [-0.2, 0) is 6.18 Å². The van der Waals surface area contributed by atoms with Crippen LogP contribution in [0.4, 0.5) is 13.2 Å². The van der Waals surface area contributed by atoms with Crippen molar-refractivity contribution >= 4 is 11.6 Å². The van der Waals surface area contributed by atoms with Gasteiger partial charge in [0.05, 0.1) is 16.3 Å². The van der Waals surface area contributed by atoms with Gasteiger partial charge in [0.25, 0.3) is 5.56 Å². The molecule has 0 aliphatic rings. The summed E-state index contributed by atoms with van der Waals surface area (Å²) in [7, 11) is 0. The van der Waals surface area contributed by atoms with Gasteiger partial charge in [-0.25, -0.2) is 4.79 Å². The maximum Gasteiger partial charge on any atom is 0.417 e. The fourth-order valence-corrected chi connectivity index (χ4v) is 1.73. The van der Waals surface area contributed by atoms with Crippen LogP contribution in [0.3, 0.4) is 0 Å². The van der Waals surface area contributed by atoms with Gasteiger partial charge in [-0.1, -0.05) is 11.6 Å². The highest BCUT2D eigenvalue weighted by Crippen LogP contribution is 2.35. The molecule has 1 heterocycles. The molecule has 0 aliphatic carbocycles. The highest BCUT2D eigenvalue weighted by molar-refractivity contribution is 6.31. The van der Waals surface area contributed by atoms with Crippen LogP contribution in [0.15, 0.2) is 40.1 Å². The summed E-state index contributed by atoms with van der Waals surface area (Å²) in [4.78, 5) is 24.3. The Kier molecular flexibility index (Phi) is 3.23. The van der Waals surface area contributed by atoms with Crippen molar-refractivity contribution < 1.29 is 13.2 Å². The van der Waals surface area contributed by atoms with E-state index in [1.807, 2.05) is 4.98 Å². The summed E-state index contributed by atoms with van der Waals surface area (Å²) in [6.45, 7) is 0. The maximum absolute atomic E-state index is 12.7. The van der Waals surface area contributed by atoms with Gasteiger partial charge in [-0.05, 0) is 18.2 Å². The molecule has 0 unspecified atom stereocenters. The first kappa shape index (κ1) is 13.4. The topological polar surface area (TPSA) is 54.9 Å². The molecule has 2 aromatic rings.